The number of hydrogen-bond donors (Lipinski definition) is 5. The van der Waals surface area contributed by atoms with Crippen molar-refractivity contribution in [3.8, 4) is 0 Å². The lowest BCUT2D eigenvalue weighted by atomic mass is 10.0. The van der Waals surface area contributed by atoms with E-state index in [4.69, 9.17) is 23.8 Å². The molecule has 0 aliphatic rings. The third-order valence-electron chi connectivity index (χ3n) is 8.72. The number of hydrogen-bond acceptors (Lipinski definition) is 11. The second-order valence-corrected chi connectivity index (χ2v) is 17.6. The van der Waals surface area contributed by atoms with E-state index in [2.05, 4.69) is 35.9 Å². The average Bonchev–Trinajstić information content (AvgIpc) is 3.16. The smallest absolute Gasteiger partial charge is 0.462 e. The van der Waals surface area contributed by atoms with Crippen LogP contribution in [-0.2, 0) is 41.8 Å². The Hall–Kier alpha value is -1.96. The van der Waals surface area contributed by atoms with Gasteiger partial charge in [-0.3, -0.25) is 23.2 Å². The quantitative estimate of drug-likeness (QED) is 0.0128. The molecule has 0 saturated heterocycles. The third-order valence-corrected chi connectivity index (χ3v) is 10.2. The van der Waals surface area contributed by atoms with E-state index >= 15 is 0 Å². The van der Waals surface area contributed by atoms with Gasteiger partial charge < -0.3 is 34.4 Å². The van der Waals surface area contributed by atoms with Crippen molar-refractivity contribution >= 4 is 27.6 Å². The van der Waals surface area contributed by atoms with E-state index in [9.17, 15) is 33.8 Å². The first-order valence-electron chi connectivity index (χ1n) is 21.3. The van der Waals surface area contributed by atoms with Crippen molar-refractivity contribution < 1.29 is 66.7 Å². The number of phosphoric ester groups is 2. The first kappa shape index (κ1) is 56.0. The average molecular weight is 867 g/mol. The van der Waals surface area contributed by atoms with Gasteiger partial charge in [0, 0.05) is 12.8 Å². The SMILES string of the molecule is CCCCC/C=C\C[C@H](O)/C=C/C=C\C/C=C\CCCC(=O)O[C@H](COC(=O)CCCCCCCCCCCCC(C)C)COP(=O)(O)OC[C@@H](O)COP(=O)(O)O. The van der Waals surface area contributed by atoms with Crippen LogP contribution in [0.4, 0.5) is 0 Å². The summed E-state index contributed by atoms with van der Waals surface area (Å²) in [5.41, 5.74) is 0. The maximum Gasteiger partial charge on any atom is 0.472 e. The molecule has 338 valence electrons. The summed E-state index contributed by atoms with van der Waals surface area (Å²) < 4.78 is 47.6. The predicted molar refractivity (Wildman–Crippen MR) is 227 cm³/mol. The van der Waals surface area contributed by atoms with Crippen LogP contribution in [0.3, 0.4) is 0 Å². The Morgan fingerprint density at radius 1 is 0.621 bits per heavy atom. The molecule has 0 aromatic carbocycles. The molecular formula is C42H76O14P2. The molecule has 0 amide bonds. The Labute approximate surface area is 348 Å². The zero-order valence-electron chi connectivity index (χ0n) is 35.4. The topological polar surface area (TPSA) is 216 Å². The monoisotopic (exact) mass is 866 g/mol. The normalized spacial score (nSPS) is 15.2. The highest BCUT2D eigenvalue weighted by atomic mass is 31.2. The van der Waals surface area contributed by atoms with E-state index in [1.165, 1.54) is 64.2 Å². The minimum atomic E-state index is -4.88. The van der Waals surface area contributed by atoms with Crippen LogP contribution in [0.25, 0.3) is 0 Å². The van der Waals surface area contributed by atoms with Gasteiger partial charge in [-0.25, -0.2) is 9.13 Å². The number of ether oxygens (including phenoxy) is 2. The van der Waals surface area contributed by atoms with Gasteiger partial charge in [-0.2, -0.15) is 0 Å². The van der Waals surface area contributed by atoms with Gasteiger partial charge in [-0.05, 0) is 50.9 Å². The lowest BCUT2D eigenvalue weighted by Gasteiger charge is -2.20. The summed E-state index contributed by atoms with van der Waals surface area (Å²) in [4.78, 5) is 52.6. The minimum Gasteiger partial charge on any atom is -0.462 e. The molecule has 58 heavy (non-hydrogen) atoms. The number of aliphatic hydroxyl groups excluding tert-OH is 2. The number of aliphatic hydroxyl groups is 2. The van der Waals surface area contributed by atoms with Crippen molar-refractivity contribution in [2.75, 3.05) is 26.4 Å². The molecule has 0 radical (unpaired) electrons. The molecule has 0 aromatic heterocycles. The van der Waals surface area contributed by atoms with Gasteiger partial charge in [0.1, 0.15) is 12.7 Å². The lowest BCUT2D eigenvalue weighted by Crippen LogP contribution is -2.29. The predicted octanol–water partition coefficient (Wildman–Crippen LogP) is 9.50. The summed E-state index contributed by atoms with van der Waals surface area (Å²) in [5.74, 6) is -0.371. The summed E-state index contributed by atoms with van der Waals surface area (Å²) in [6.45, 7) is 3.86. The summed E-state index contributed by atoms with van der Waals surface area (Å²) in [7, 11) is -9.71. The van der Waals surface area contributed by atoms with Crippen LogP contribution in [0.15, 0.2) is 48.6 Å². The van der Waals surface area contributed by atoms with Crippen LogP contribution in [-0.4, -0.2) is 81.6 Å². The van der Waals surface area contributed by atoms with E-state index in [0.717, 1.165) is 31.6 Å². The molecule has 0 aliphatic carbocycles. The standard InChI is InChI=1S/C42H76O14P2/c1-4-5-6-7-19-24-29-38(43)30-25-20-15-12-13-17-22-27-32-42(46)56-40(36-55-58(50,51)54-34-39(44)33-53-57(47,48)49)35-52-41(45)31-26-21-16-11-9-8-10-14-18-23-28-37(2)3/h13,15,17,19-20,24-25,30,37-40,43-44H,4-12,14,16,18,21-23,26-29,31-36H2,1-3H3,(H,50,51)(H2,47,48,49)/b17-13-,20-15-,24-19-,30-25+/t38-,39-,40+/m0/s1. The minimum absolute atomic E-state index is 0.0233. The van der Waals surface area contributed by atoms with Crippen molar-refractivity contribution in [1.29, 1.82) is 0 Å². The Morgan fingerprint density at radius 2 is 1.21 bits per heavy atom. The number of carbonyl (C=O) groups is 2. The highest BCUT2D eigenvalue weighted by Crippen LogP contribution is 2.43. The van der Waals surface area contributed by atoms with Crippen LogP contribution in [0, 0.1) is 5.92 Å². The van der Waals surface area contributed by atoms with Crippen LogP contribution in [0.2, 0.25) is 0 Å². The molecule has 4 atom stereocenters. The Morgan fingerprint density at radius 3 is 1.86 bits per heavy atom. The molecule has 0 aliphatic heterocycles. The molecule has 1 unspecified atom stereocenters. The summed E-state index contributed by atoms with van der Waals surface area (Å²) in [5, 5.41) is 19.8. The molecule has 0 bridgehead atoms. The first-order valence-corrected chi connectivity index (χ1v) is 24.3. The van der Waals surface area contributed by atoms with Gasteiger partial charge in [0.05, 0.1) is 25.9 Å². The van der Waals surface area contributed by atoms with Gasteiger partial charge >= 0.3 is 27.6 Å². The number of carbonyl (C=O) groups excluding carboxylic acids is 2. The van der Waals surface area contributed by atoms with E-state index < -0.39 is 72.3 Å². The summed E-state index contributed by atoms with van der Waals surface area (Å²) >= 11 is 0. The molecule has 0 rings (SSSR count). The fraction of sp³-hybridized carbons (Fsp3) is 0.762. The number of rotatable bonds is 39. The molecule has 5 N–H and O–H groups in total. The molecule has 0 fully saturated rings. The maximum atomic E-state index is 12.6. The van der Waals surface area contributed by atoms with Crippen LogP contribution < -0.4 is 0 Å². The van der Waals surface area contributed by atoms with Crippen molar-refractivity contribution in [3.63, 3.8) is 0 Å². The summed E-state index contributed by atoms with van der Waals surface area (Å²) in [6.07, 6.45) is 31.5. The highest BCUT2D eigenvalue weighted by Gasteiger charge is 2.28. The van der Waals surface area contributed by atoms with Gasteiger partial charge in [0.2, 0.25) is 0 Å². The zero-order valence-corrected chi connectivity index (χ0v) is 37.2. The van der Waals surface area contributed by atoms with Crippen LogP contribution in [0.5, 0.6) is 0 Å². The molecule has 14 nitrogen and oxygen atoms in total. The number of allylic oxidation sites excluding steroid dienone is 6. The van der Waals surface area contributed by atoms with Crippen molar-refractivity contribution in [2.45, 2.75) is 174 Å². The van der Waals surface area contributed by atoms with Gasteiger partial charge in [-0.15, -0.1) is 0 Å². The fourth-order valence-corrected chi connectivity index (χ4v) is 6.59. The molecule has 16 heteroatoms. The Kier molecular flexibility index (Phi) is 35.6. The van der Waals surface area contributed by atoms with Crippen molar-refractivity contribution in [1.82, 2.24) is 0 Å². The number of phosphoric acid groups is 2. The van der Waals surface area contributed by atoms with E-state index in [-0.39, 0.29) is 12.8 Å². The number of esters is 2. The molecular weight excluding hydrogens is 790 g/mol. The largest absolute Gasteiger partial charge is 0.472 e. The second kappa shape index (κ2) is 36.9. The molecule has 0 heterocycles. The lowest BCUT2D eigenvalue weighted by molar-refractivity contribution is -0.161. The fourth-order valence-electron chi connectivity index (χ4n) is 5.43. The molecule has 0 saturated carbocycles. The van der Waals surface area contributed by atoms with E-state index in [1.807, 2.05) is 36.5 Å². The number of unbranched alkanes of at least 4 members (excludes halogenated alkanes) is 13. The van der Waals surface area contributed by atoms with Crippen molar-refractivity contribution in [3.05, 3.63) is 48.6 Å². The molecule has 0 spiro atoms. The van der Waals surface area contributed by atoms with Gasteiger partial charge in [0.25, 0.3) is 0 Å². The third kappa shape index (κ3) is 40.8. The molecule has 0 aromatic rings. The van der Waals surface area contributed by atoms with E-state index in [0.29, 0.717) is 32.1 Å². The van der Waals surface area contributed by atoms with E-state index in [1.54, 1.807) is 6.08 Å². The first-order chi connectivity index (χ1) is 27.6. The van der Waals surface area contributed by atoms with Gasteiger partial charge in [-0.1, -0.05) is 146 Å². The Balaban J connectivity index is 4.70. The van der Waals surface area contributed by atoms with Crippen molar-refractivity contribution in [2.24, 2.45) is 5.92 Å². The summed E-state index contributed by atoms with van der Waals surface area (Å²) in [6, 6.07) is 0. The highest BCUT2D eigenvalue weighted by molar-refractivity contribution is 7.47. The second-order valence-electron chi connectivity index (χ2n) is 14.9. The zero-order chi connectivity index (χ0) is 43.3. The maximum absolute atomic E-state index is 12.6. The van der Waals surface area contributed by atoms with Gasteiger partial charge in [0.15, 0.2) is 6.10 Å². The van der Waals surface area contributed by atoms with Crippen LogP contribution in [0.1, 0.15) is 156 Å². The Bertz CT molecular complexity index is 1250. The van der Waals surface area contributed by atoms with Crippen LogP contribution >= 0.6 is 15.6 Å².